The lowest BCUT2D eigenvalue weighted by Gasteiger charge is -2.35. The van der Waals surface area contributed by atoms with Gasteiger partial charge in [0.2, 0.25) is 0 Å². The van der Waals surface area contributed by atoms with E-state index in [2.05, 4.69) is 15.3 Å². The monoisotopic (exact) mass is 506 g/mol. The number of aromatic nitrogens is 2. The number of aliphatic hydroxyl groups is 1. The molecule has 1 atom stereocenters. The molecule has 6 rings (SSSR count). The van der Waals surface area contributed by atoms with Crippen molar-refractivity contribution in [1.82, 2.24) is 15.3 Å². The summed E-state index contributed by atoms with van der Waals surface area (Å²) in [6.45, 7) is 0. The number of H-pyrrole nitrogens is 1. The Kier molecular flexibility index (Phi) is 5.20. The van der Waals surface area contributed by atoms with Gasteiger partial charge in [0, 0.05) is 22.7 Å². The van der Waals surface area contributed by atoms with Crippen molar-refractivity contribution in [2.45, 2.75) is 31.0 Å². The molecule has 8 nitrogen and oxygen atoms in total. The molecule has 2 heterocycles. The fraction of sp³-hybridized carbons (Fsp3) is 0.192. The van der Waals surface area contributed by atoms with Crippen LogP contribution in [0.1, 0.15) is 40.7 Å². The van der Waals surface area contributed by atoms with E-state index in [1.54, 1.807) is 42.5 Å². The summed E-state index contributed by atoms with van der Waals surface area (Å²) >= 11 is 6.00. The summed E-state index contributed by atoms with van der Waals surface area (Å²) in [6.07, 6.45) is 2.31. The van der Waals surface area contributed by atoms with Crippen LogP contribution in [0.4, 0.5) is 14.9 Å². The van der Waals surface area contributed by atoms with Crippen molar-refractivity contribution in [3.05, 3.63) is 88.2 Å². The third-order valence-corrected chi connectivity index (χ3v) is 7.00. The second kappa shape index (κ2) is 8.32. The molecule has 1 aliphatic carbocycles. The van der Waals surface area contributed by atoms with E-state index in [-0.39, 0.29) is 33.9 Å². The molecule has 2 aliphatic rings. The van der Waals surface area contributed by atoms with Crippen LogP contribution < -0.4 is 15.0 Å². The highest BCUT2D eigenvalue weighted by atomic mass is 35.5. The number of ether oxygens (including phenoxy) is 1. The Hall–Kier alpha value is -3.95. The van der Waals surface area contributed by atoms with Gasteiger partial charge < -0.3 is 20.1 Å². The van der Waals surface area contributed by atoms with E-state index in [0.29, 0.717) is 16.6 Å². The zero-order valence-electron chi connectivity index (χ0n) is 18.8. The average Bonchev–Trinajstić information content (AvgIpc) is 3.34. The number of hydrogen-bond acceptors (Lipinski definition) is 5. The lowest BCUT2D eigenvalue weighted by atomic mass is 9.93. The van der Waals surface area contributed by atoms with Crippen molar-refractivity contribution in [2.24, 2.45) is 0 Å². The Labute approximate surface area is 209 Å². The SMILES string of the molecule is O=C(NC1CCC1)Oc1nc2ccc(C3(O)c4ccccc4C(=O)N3c3cccc(Cl)c3F)cc2[nH]1. The largest absolute Gasteiger partial charge is 0.415 e. The predicted molar refractivity (Wildman–Crippen MR) is 131 cm³/mol. The van der Waals surface area contributed by atoms with Gasteiger partial charge >= 0.3 is 12.1 Å². The van der Waals surface area contributed by atoms with Crippen molar-refractivity contribution < 1.29 is 23.8 Å². The molecule has 2 amide bonds. The minimum absolute atomic E-state index is 0.00777. The molecule has 3 N–H and O–H groups in total. The number of nitrogens with one attached hydrogen (secondary N) is 2. The Morgan fingerprint density at radius 1 is 1.19 bits per heavy atom. The number of benzene rings is 3. The fourth-order valence-corrected chi connectivity index (χ4v) is 4.85. The molecule has 10 heteroatoms. The van der Waals surface area contributed by atoms with Gasteiger partial charge in [0.25, 0.3) is 5.91 Å². The fourth-order valence-electron chi connectivity index (χ4n) is 4.68. The molecule has 0 radical (unpaired) electrons. The number of hydrogen-bond donors (Lipinski definition) is 3. The first-order valence-electron chi connectivity index (χ1n) is 11.5. The van der Waals surface area contributed by atoms with E-state index in [1.165, 1.54) is 18.2 Å². The van der Waals surface area contributed by atoms with Crippen molar-refractivity contribution in [2.75, 3.05) is 4.90 Å². The quantitative estimate of drug-likeness (QED) is 0.367. The Morgan fingerprint density at radius 2 is 2.00 bits per heavy atom. The van der Waals surface area contributed by atoms with Crippen LogP contribution in [0.15, 0.2) is 60.7 Å². The maximum atomic E-state index is 15.1. The van der Waals surface area contributed by atoms with Gasteiger partial charge in [0.15, 0.2) is 11.5 Å². The summed E-state index contributed by atoms with van der Waals surface area (Å²) in [7, 11) is 0. The molecule has 0 spiro atoms. The zero-order valence-corrected chi connectivity index (χ0v) is 19.6. The van der Waals surface area contributed by atoms with Crippen LogP contribution in [0, 0.1) is 5.82 Å². The Morgan fingerprint density at radius 3 is 2.78 bits per heavy atom. The number of halogens is 2. The highest BCUT2D eigenvalue weighted by Gasteiger charge is 2.51. The number of nitrogens with zero attached hydrogens (tertiary/aromatic N) is 2. The Bertz CT molecular complexity index is 1540. The van der Waals surface area contributed by atoms with Crippen LogP contribution in [0.5, 0.6) is 6.01 Å². The van der Waals surface area contributed by atoms with Gasteiger partial charge in [-0.2, -0.15) is 4.98 Å². The second-order valence-corrected chi connectivity index (χ2v) is 9.27. The molecule has 36 heavy (non-hydrogen) atoms. The maximum absolute atomic E-state index is 15.1. The summed E-state index contributed by atoms with van der Waals surface area (Å²) in [6, 6.07) is 15.7. The van der Waals surface area contributed by atoms with E-state index >= 15 is 4.39 Å². The van der Waals surface area contributed by atoms with Gasteiger partial charge in [-0.15, -0.1) is 0 Å². The minimum atomic E-state index is -2.04. The number of imidazole rings is 1. The standard InChI is InChI=1S/C26H20ClFN4O4/c27-18-9-4-10-21(22(18)28)32-23(33)16-7-1-2-8-17(16)26(32,35)14-11-12-19-20(13-14)31-24(30-19)36-25(34)29-15-5-3-6-15/h1-2,4,7-13,15,35H,3,5-6H2,(H,29,34)(H,30,31). The third kappa shape index (κ3) is 3.42. The van der Waals surface area contributed by atoms with Gasteiger partial charge in [0.1, 0.15) is 0 Å². The summed E-state index contributed by atoms with van der Waals surface area (Å²) < 4.78 is 20.4. The van der Waals surface area contributed by atoms with Crippen molar-refractivity contribution in [3.8, 4) is 6.01 Å². The summed E-state index contributed by atoms with van der Waals surface area (Å²) in [4.78, 5) is 33.8. The van der Waals surface area contributed by atoms with Crippen molar-refractivity contribution in [1.29, 1.82) is 0 Å². The smallest absolute Gasteiger partial charge is 0.375 e. The number of amides is 2. The summed E-state index contributed by atoms with van der Waals surface area (Å²) in [5.74, 6) is -1.40. The molecule has 0 saturated heterocycles. The molecule has 1 aromatic heterocycles. The maximum Gasteiger partial charge on any atom is 0.415 e. The molecule has 4 aromatic rings. The van der Waals surface area contributed by atoms with E-state index in [9.17, 15) is 14.7 Å². The van der Waals surface area contributed by atoms with Gasteiger partial charge in [-0.1, -0.05) is 41.9 Å². The number of carbonyl (C=O) groups is 2. The van der Waals surface area contributed by atoms with E-state index in [4.69, 9.17) is 16.3 Å². The first kappa shape index (κ1) is 22.5. The Balaban J connectivity index is 1.43. The first-order chi connectivity index (χ1) is 17.4. The number of aromatic amines is 1. The van der Waals surface area contributed by atoms with Gasteiger partial charge in [0.05, 0.1) is 21.7 Å². The molecular formula is C26H20ClFN4O4. The van der Waals surface area contributed by atoms with E-state index < -0.39 is 23.5 Å². The predicted octanol–water partition coefficient (Wildman–Crippen LogP) is 4.85. The zero-order chi connectivity index (χ0) is 25.0. The van der Waals surface area contributed by atoms with Crippen LogP contribution in [0.2, 0.25) is 5.02 Å². The van der Waals surface area contributed by atoms with Gasteiger partial charge in [-0.25, -0.2) is 9.18 Å². The van der Waals surface area contributed by atoms with Crippen LogP contribution in [0.3, 0.4) is 0 Å². The summed E-state index contributed by atoms with van der Waals surface area (Å²) in [5, 5.41) is 14.7. The molecule has 182 valence electrons. The average molecular weight is 507 g/mol. The van der Waals surface area contributed by atoms with E-state index in [0.717, 1.165) is 24.2 Å². The minimum Gasteiger partial charge on any atom is -0.375 e. The number of carbonyl (C=O) groups excluding carboxylic acids is 2. The van der Waals surface area contributed by atoms with E-state index in [1.807, 2.05) is 0 Å². The first-order valence-corrected chi connectivity index (χ1v) is 11.8. The van der Waals surface area contributed by atoms with Crippen molar-refractivity contribution in [3.63, 3.8) is 0 Å². The number of anilines is 1. The lowest BCUT2D eigenvalue weighted by Crippen LogP contribution is -2.45. The molecule has 1 aliphatic heterocycles. The lowest BCUT2D eigenvalue weighted by molar-refractivity contribution is 0.0699. The molecule has 3 aromatic carbocycles. The topological polar surface area (TPSA) is 108 Å². The van der Waals surface area contributed by atoms with Crippen LogP contribution in [-0.2, 0) is 5.72 Å². The molecule has 1 unspecified atom stereocenters. The molecule has 1 fully saturated rings. The number of fused-ring (bicyclic) bond motifs is 2. The highest BCUT2D eigenvalue weighted by molar-refractivity contribution is 6.31. The molecular weight excluding hydrogens is 487 g/mol. The molecule has 0 bridgehead atoms. The van der Waals surface area contributed by atoms with Gasteiger partial charge in [-0.3, -0.25) is 9.69 Å². The highest BCUT2D eigenvalue weighted by Crippen LogP contribution is 2.46. The molecule has 1 saturated carbocycles. The second-order valence-electron chi connectivity index (χ2n) is 8.87. The van der Waals surface area contributed by atoms with Gasteiger partial charge in [-0.05, 0) is 49.6 Å². The third-order valence-electron chi connectivity index (χ3n) is 6.71. The normalized spacial score (nSPS) is 19.3. The van der Waals surface area contributed by atoms with Crippen molar-refractivity contribution >= 4 is 40.3 Å². The van der Waals surface area contributed by atoms with Crippen LogP contribution in [-0.4, -0.2) is 33.1 Å². The summed E-state index contributed by atoms with van der Waals surface area (Å²) in [5.41, 5.74) is -0.455. The number of rotatable bonds is 4. The van der Waals surface area contributed by atoms with Crippen LogP contribution in [0.25, 0.3) is 11.0 Å². The van der Waals surface area contributed by atoms with Crippen LogP contribution >= 0.6 is 11.6 Å².